The maximum atomic E-state index is 13.0. The Hall–Kier alpha value is -2.94. The van der Waals surface area contributed by atoms with Gasteiger partial charge in [-0.2, -0.15) is 0 Å². The molecule has 1 amide bonds. The lowest BCUT2D eigenvalue weighted by Crippen LogP contribution is -2.39. The highest BCUT2D eigenvalue weighted by atomic mass is 32.2. The smallest absolute Gasteiger partial charge is 0.407 e. The van der Waals surface area contributed by atoms with E-state index in [1.165, 1.54) is 10.2 Å². The van der Waals surface area contributed by atoms with Crippen molar-refractivity contribution >= 4 is 32.7 Å². The van der Waals surface area contributed by atoms with Crippen LogP contribution in [0.15, 0.2) is 47.5 Å². The summed E-state index contributed by atoms with van der Waals surface area (Å²) >= 11 is 0. The lowest BCUT2D eigenvalue weighted by molar-refractivity contribution is 0.0502. The summed E-state index contributed by atoms with van der Waals surface area (Å²) in [7, 11) is -3.69. The first-order valence-corrected chi connectivity index (χ1v) is 12.2. The summed E-state index contributed by atoms with van der Waals surface area (Å²) in [6, 6.07) is 3.62. The lowest BCUT2D eigenvalue weighted by atomic mass is 9.93. The minimum Gasteiger partial charge on any atom is -0.444 e. The molecule has 0 fully saturated rings. The maximum Gasteiger partial charge on any atom is 0.407 e. The van der Waals surface area contributed by atoms with Gasteiger partial charge in [0.05, 0.1) is 10.6 Å². The summed E-state index contributed by atoms with van der Waals surface area (Å²) in [5.74, 6) is 0. The molecule has 2 heterocycles. The normalized spacial score (nSPS) is 19.4. The van der Waals surface area contributed by atoms with Crippen molar-refractivity contribution < 1.29 is 17.9 Å². The molecule has 1 unspecified atom stereocenters. The van der Waals surface area contributed by atoms with Crippen LogP contribution in [0.25, 0.3) is 16.6 Å². The maximum absolute atomic E-state index is 13.0. The Labute approximate surface area is 188 Å². The molecule has 0 saturated carbocycles. The van der Waals surface area contributed by atoms with Gasteiger partial charge in [-0.15, -0.1) is 10.2 Å². The summed E-state index contributed by atoms with van der Waals surface area (Å²) in [5.41, 5.74) is 1.54. The van der Waals surface area contributed by atoms with Crippen molar-refractivity contribution in [1.29, 1.82) is 0 Å². The largest absolute Gasteiger partial charge is 0.444 e. The highest BCUT2D eigenvalue weighted by molar-refractivity contribution is 7.94. The summed E-state index contributed by atoms with van der Waals surface area (Å²) in [6.07, 6.45) is 12.1. The van der Waals surface area contributed by atoms with Crippen LogP contribution >= 0.6 is 0 Å². The quantitative estimate of drug-likeness (QED) is 0.736. The minimum absolute atomic E-state index is 0.00772. The molecule has 0 aliphatic heterocycles. The zero-order chi connectivity index (χ0) is 22.9. The molecule has 170 valence electrons. The van der Waals surface area contributed by atoms with Gasteiger partial charge in [0.1, 0.15) is 5.60 Å². The van der Waals surface area contributed by atoms with Gasteiger partial charge in [-0.05, 0) is 76.7 Å². The van der Waals surface area contributed by atoms with Crippen LogP contribution in [0.3, 0.4) is 0 Å². The fourth-order valence-electron chi connectivity index (χ4n) is 3.83. The van der Waals surface area contributed by atoms with E-state index in [-0.39, 0.29) is 10.9 Å². The fraction of sp³-hybridized carbons (Fsp3) is 0.435. The molecule has 8 nitrogen and oxygen atoms in total. The number of aromatic nitrogens is 3. The second-order valence-electron chi connectivity index (χ2n) is 9.06. The number of rotatable bonds is 4. The number of alkyl carbamates (subject to hydrolysis) is 1. The van der Waals surface area contributed by atoms with E-state index < -0.39 is 21.7 Å². The number of carbonyl (C=O) groups is 1. The van der Waals surface area contributed by atoms with E-state index in [9.17, 15) is 13.2 Å². The van der Waals surface area contributed by atoms with Gasteiger partial charge in [0.15, 0.2) is 5.65 Å². The lowest BCUT2D eigenvalue weighted by Gasteiger charge is -2.25. The third-order valence-electron chi connectivity index (χ3n) is 5.38. The molecule has 0 radical (unpaired) electrons. The average molecular weight is 457 g/mol. The van der Waals surface area contributed by atoms with Crippen LogP contribution in [0.1, 0.15) is 58.6 Å². The number of amides is 1. The number of fused-ring (bicyclic) bond motifs is 1. The van der Waals surface area contributed by atoms with E-state index in [0.717, 1.165) is 30.5 Å². The number of ether oxygens (including phenoxy) is 1. The molecule has 0 aromatic carbocycles. The zero-order valence-electron chi connectivity index (χ0n) is 18.5. The number of allylic oxidation sites excluding steroid dienone is 4. The van der Waals surface area contributed by atoms with Gasteiger partial charge in [-0.1, -0.05) is 18.2 Å². The van der Waals surface area contributed by atoms with Gasteiger partial charge >= 0.3 is 6.09 Å². The molecular weight excluding hydrogens is 428 g/mol. The molecule has 0 spiro atoms. The van der Waals surface area contributed by atoms with Gasteiger partial charge in [-0.3, -0.25) is 0 Å². The van der Waals surface area contributed by atoms with E-state index in [4.69, 9.17) is 4.74 Å². The van der Waals surface area contributed by atoms with Crippen molar-refractivity contribution in [1.82, 2.24) is 19.5 Å². The van der Waals surface area contributed by atoms with E-state index in [1.807, 2.05) is 39.0 Å². The van der Waals surface area contributed by atoms with Gasteiger partial charge in [0.2, 0.25) is 0 Å². The second kappa shape index (κ2) is 8.54. The zero-order valence-corrected chi connectivity index (χ0v) is 19.4. The molecular formula is C23H28N4O4S. The number of nitrogens with one attached hydrogen (secondary N) is 1. The average Bonchev–Trinajstić information content (AvgIpc) is 3.17. The van der Waals surface area contributed by atoms with Gasteiger partial charge in [-0.25, -0.2) is 17.2 Å². The fourth-order valence-corrected chi connectivity index (χ4v) is 5.24. The Kier molecular flexibility index (Phi) is 5.94. The number of hydrogen-bond donors (Lipinski definition) is 1. The van der Waals surface area contributed by atoms with Crippen LogP contribution < -0.4 is 5.32 Å². The van der Waals surface area contributed by atoms with Gasteiger partial charge in [0, 0.05) is 17.6 Å². The molecule has 2 aliphatic rings. The topological polar surface area (TPSA) is 103 Å². The van der Waals surface area contributed by atoms with Crippen LogP contribution in [0, 0.1) is 0 Å². The molecule has 0 bridgehead atoms. The number of nitrogens with zero attached hydrogens (tertiary/aromatic N) is 3. The summed E-state index contributed by atoms with van der Waals surface area (Å²) in [4.78, 5) is 12.3. The van der Waals surface area contributed by atoms with Gasteiger partial charge < -0.3 is 10.1 Å². The molecule has 2 aromatic rings. The Bertz CT molecular complexity index is 1230. The van der Waals surface area contributed by atoms with Crippen molar-refractivity contribution in [3.63, 3.8) is 0 Å². The first-order chi connectivity index (χ1) is 15.1. The van der Waals surface area contributed by atoms with E-state index >= 15 is 0 Å². The molecule has 9 heteroatoms. The second-order valence-corrected chi connectivity index (χ2v) is 10.9. The molecule has 32 heavy (non-hydrogen) atoms. The third kappa shape index (κ3) is 4.77. The standard InChI is InChI=1S/C23H28N4O4S/c1-23(2,3)31-22(28)24-18-11-9-16(10-12-18)20-15-17-13-14-27(21(17)26-25-20)32(29,30)19-7-5-4-6-8-19/h5,7-9,13-15,18H,4,6,10-12H2,1-3H3,(H,24,28). The summed E-state index contributed by atoms with van der Waals surface area (Å²) < 4.78 is 32.5. The molecule has 2 aromatic heterocycles. The summed E-state index contributed by atoms with van der Waals surface area (Å²) in [6.45, 7) is 5.50. The van der Waals surface area contributed by atoms with Crippen LogP contribution in [-0.2, 0) is 14.8 Å². The van der Waals surface area contributed by atoms with E-state index in [0.29, 0.717) is 23.9 Å². The Morgan fingerprint density at radius 2 is 2.03 bits per heavy atom. The Morgan fingerprint density at radius 1 is 1.22 bits per heavy atom. The highest BCUT2D eigenvalue weighted by Crippen LogP contribution is 2.29. The van der Waals surface area contributed by atoms with Crippen LogP contribution in [-0.4, -0.2) is 40.3 Å². The van der Waals surface area contributed by atoms with E-state index in [1.54, 1.807) is 18.2 Å². The number of hydrogen-bond acceptors (Lipinski definition) is 6. The van der Waals surface area contributed by atoms with Crippen LogP contribution in [0.4, 0.5) is 4.79 Å². The molecule has 1 atom stereocenters. The van der Waals surface area contributed by atoms with E-state index in [2.05, 4.69) is 15.5 Å². The monoisotopic (exact) mass is 456 g/mol. The van der Waals surface area contributed by atoms with Crippen LogP contribution in [0.2, 0.25) is 0 Å². The third-order valence-corrected chi connectivity index (χ3v) is 7.09. The first kappa shape index (κ1) is 22.3. The molecule has 4 rings (SSSR count). The van der Waals surface area contributed by atoms with Crippen molar-refractivity contribution in [2.24, 2.45) is 0 Å². The minimum atomic E-state index is -3.69. The summed E-state index contributed by atoms with van der Waals surface area (Å²) in [5, 5.41) is 12.2. The predicted molar refractivity (Wildman–Crippen MR) is 123 cm³/mol. The molecule has 0 saturated heterocycles. The van der Waals surface area contributed by atoms with Crippen molar-refractivity contribution in [3.8, 4) is 0 Å². The number of carbonyl (C=O) groups excluding carboxylic acids is 1. The van der Waals surface area contributed by atoms with Crippen molar-refractivity contribution in [2.45, 2.75) is 64.5 Å². The van der Waals surface area contributed by atoms with Crippen molar-refractivity contribution in [3.05, 3.63) is 53.2 Å². The predicted octanol–water partition coefficient (Wildman–Crippen LogP) is 4.30. The highest BCUT2D eigenvalue weighted by Gasteiger charge is 2.24. The Balaban J connectivity index is 1.50. The molecule has 2 aliphatic carbocycles. The SMILES string of the molecule is CC(C)(C)OC(=O)NC1CC=C(c2cc3ccn(S(=O)(=O)C4=CCCC=C4)c3nn2)CC1. The van der Waals surface area contributed by atoms with Crippen molar-refractivity contribution in [2.75, 3.05) is 0 Å². The molecule has 1 N–H and O–H groups in total. The van der Waals surface area contributed by atoms with Gasteiger partial charge in [0.25, 0.3) is 10.0 Å². The Morgan fingerprint density at radius 3 is 2.69 bits per heavy atom. The van der Waals surface area contributed by atoms with Crippen LogP contribution in [0.5, 0.6) is 0 Å². The first-order valence-electron chi connectivity index (χ1n) is 10.8.